The van der Waals surface area contributed by atoms with Gasteiger partial charge in [0.15, 0.2) is 6.10 Å². The molecule has 5 nitrogen and oxygen atoms in total. The summed E-state index contributed by atoms with van der Waals surface area (Å²) in [4.78, 5) is 24.2. The van der Waals surface area contributed by atoms with Crippen molar-refractivity contribution in [3.63, 3.8) is 0 Å². The van der Waals surface area contributed by atoms with Gasteiger partial charge in [-0.3, -0.25) is 4.79 Å². The summed E-state index contributed by atoms with van der Waals surface area (Å²) >= 11 is 6.13. The SMILES string of the molecule is CCOC(=O)c1ccc(NC(=O)C(C)Oc2ccccc2C(C)C)cc1Cl. The summed E-state index contributed by atoms with van der Waals surface area (Å²) in [6.07, 6.45) is -0.701. The van der Waals surface area contributed by atoms with Crippen molar-refractivity contribution < 1.29 is 19.1 Å². The van der Waals surface area contributed by atoms with Crippen LogP contribution in [0, 0.1) is 0 Å². The second-order valence-corrected chi connectivity index (χ2v) is 6.76. The molecular weight excluding hydrogens is 366 g/mol. The molecule has 0 fully saturated rings. The summed E-state index contributed by atoms with van der Waals surface area (Å²) in [7, 11) is 0. The van der Waals surface area contributed by atoms with Gasteiger partial charge in [0.2, 0.25) is 0 Å². The van der Waals surface area contributed by atoms with Crippen LogP contribution in [0.4, 0.5) is 5.69 Å². The largest absolute Gasteiger partial charge is 0.481 e. The van der Waals surface area contributed by atoms with Gasteiger partial charge >= 0.3 is 5.97 Å². The van der Waals surface area contributed by atoms with Gasteiger partial charge in [-0.25, -0.2) is 4.79 Å². The fourth-order valence-electron chi connectivity index (χ4n) is 2.52. The Labute approximate surface area is 164 Å². The van der Waals surface area contributed by atoms with Gasteiger partial charge in [0.1, 0.15) is 5.75 Å². The quantitative estimate of drug-likeness (QED) is 0.673. The lowest BCUT2D eigenvalue weighted by Gasteiger charge is -2.19. The molecule has 0 saturated heterocycles. The van der Waals surface area contributed by atoms with Gasteiger partial charge < -0.3 is 14.8 Å². The molecule has 2 aromatic carbocycles. The molecule has 0 aliphatic rings. The van der Waals surface area contributed by atoms with E-state index in [1.54, 1.807) is 19.9 Å². The lowest BCUT2D eigenvalue weighted by molar-refractivity contribution is -0.122. The number of carbonyl (C=O) groups is 2. The van der Waals surface area contributed by atoms with Crippen molar-refractivity contribution in [1.29, 1.82) is 0 Å². The predicted octanol–water partition coefficient (Wildman–Crippen LogP) is 5.05. The summed E-state index contributed by atoms with van der Waals surface area (Å²) < 4.78 is 10.8. The van der Waals surface area contributed by atoms with E-state index in [9.17, 15) is 9.59 Å². The minimum Gasteiger partial charge on any atom is -0.481 e. The third kappa shape index (κ3) is 5.47. The van der Waals surface area contributed by atoms with Gasteiger partial charge in [0.25, 0.3) is 5.91 Å². The average Bonchev–Trinajstić information content (AvgIpc) is 2.62. The van der Waals surface area contributed by atoms with Gasteiger partial charge in [-0.15, -0.1) is 0 Å². The summed E-state index contributed by atoms with van der Waals surface area (Å²) in [5, 5.41) is 2.96. The Morgan fingerprint density at radius 1 is 1.11 bits per heavy atom. The van der Waals surface area contributed by atoms with E-state index in [-0.39, 0.29) is 29.0 Å². The van der Waals surface area contributed by atoms with Crippen molar-refractivity contribution in [3.8, 4) is 5.75 Å². The van der Waals surface area contributed by atoms with Crippen LogP contribution >= 0.6 is 11.6 Å². The third-order valence-corrected chi connectivity index (χ3v) is 4.26. The first kappa shape index (κ1) is 20.8. The number of hydrogen-bond donors (Lipinski definition) is 1. The van der Waals surface area contributed by atoms with Crippen molar-refractivity contribution in [3.05, 3.63) is 58.6 Å². The van der Waals surface area contributed by atoms with Gasteiger partial charge in [-0.2, -0.15) is 0 Å². The summed E-state index contributed by atoms with van der Waals surface area (Å²) in [6.45, 7) is 7.81. The Balaban J connectivity index is 2.07. The Morgan fingerprint density at radius 2 is 1.81 bits per heavy atom. The molecule has 144 valence electrons. The maximum atomic E-state index is 12.5. The van der Waals surface area contributed by atoms with Crippen molar-refractivity contribution in [2.45, 2.75) is 39.7 Å². The molecule has 1 N–H and O–H groups in total. The van der Waals surface area contributed by atoms with Crippen molar-refractivity contribution in [2.75, 3.05) is 11.9 Å². The zero-order valence-corrected chi connectivity index (χ0v) is 16.7. The molecular formula is C21H24ClNO4. The predicted molar refractivity (Wildman–Crippen MR) is 107 cm³/mol. The molecule has 0 aliphatic heterocycles. The number of rotatable bonds is 7. The van der Waals surface area contributed by atoms with E-state index in [1.807, 2.05) is 24.3 Å². The molecule has 0 bridgehead atoms. The highest BCUT2D eigenvalue weighted by molar-refractivity contribution is 6.34. The van der Waals surface area contributed by atoms with Crippen molar-refractivity contribution >= 4 is 29.2 Å². The molecule has 2 aromatic rings. The van der Waals surface area contributed by atoms with Crippen LogP contribution in [0.15, 0.2) is 42.5 Å². The molecule has 0 radical (unpaired) electrons. The number of halogens is 1. The summed E-state index contributed by atoms with van der Waals surface area (Å²) in [5.41, 5.74) is 1.77. The number of nitrogens with one attached hydrogen (secondary N) is 1. The van der Waals surface area contributed by atoms with E-state index in [2.05, 4.69) is 19.2 Å². The Bertz CT molecular complexity index is 820. The lowest BCUT2D eigenvalue weighted by Crippen LogP contribution is -2.30. The van der Waals surface area contributed by atoms with E-state index in [4.69, 9.17) is 21.1 Å². The Kier molecular flexibility index (Phi) is 7.25. The standard InChI is InChI=1S/C21H24ClNO4/c1-5-26-21(25)17-11-10-15(12-18(17)22)23-20(24)14(4)27-19-9-7-6-8-16(19)13(2)3/h6-14H,5H2,1-4H3,(H,23,24). The fraction of sp³-hybridized carbons (Fsp3) is 0.333. The maximum Gasteiger partial charge on any atom is 0.339 e. The molecule has 1 unspecified atom stereocenters. The van der Waals surface area contributed by atoms with Crippen LogP contribution in [0.25, 0.3) is 0 Å². The van der Waals surface area contributed by atoms with Crippen LogP contribution in [0.3, 0.4) is 0 Å². The molecule has 1 atom stereocenters. The van der Waals surface area contributed by atoms with Gasteiger partial charge in [0.05, 0.1) is 17.2 Å². The van der Waals surface area contributed by atoms with Crippen molar-refractivity contribution in [1.82, 2.24) is 0 Å². The number of anilines is 1. The van der Waals surface area contributed by atoms with Crippen LogP contribution in [0.2, 0.25) is 5.02 Å². The maximum absolute atomic E-state index is 12.5. The van der Waals surface area contributed by atoms with Crippen LogP contribution in [0.1, 0.15) is 49.5 Å². The van der Waals surface area contributed by atoms with E-state index in [1.165, 1.54) is 12.1 Å². The molecule has 0 aliphatic carbocycles. The zero-order valence-electron chi connectivity index (χ0n) is 15.9. The number of benzene rings is 2. The molecule has 1 amide bonds. The molecule has 0 spiro atoms. The molecule has 0 heterocycles. The molecule has 2 rings (SSSR count). The number of para-hydroxylation sites is 1. The van der Waals surface area contributed by atoms with E-state index < -0.39 is 12.1 Å². The highest BCUT2D eigenvalue weighted by atomic mass is 35.5. The first-order valence-electron chi connectivity index (χ1n) is 8.86. The van der Waals surface area contributed by atoms with Crippen LogP contribution in [0.5, 0.6) is 5.75 Å². The molecule has 6 heteroatoms. The van der Waals surface area contributed by atoms with Gasteiger partial charge in [-0.05, 0) is 49.6 Å². The number of carbonyl (C=O) groups excluding carboxylic acids is 2. The minimum atomic E-state index is -0.701. The minimum absolute atomic E-state index is 0.213. The highest BCUT2D eigenvalue weighted by Gasteiger charge is 2.18. The zero-order chi connectivity index (χ0) is 20.0. The number of amides is 1. The number of ether oxygens (including phenoxy) is 2. The Morgan fingerprint density at radius 3 is 2.44 bits per heavy atom. The molecule has 27 heavy (non-hydrogen) atoms. The van der Waals surface area contributed by atoms with Gasteiger partial charge in [0, 0.05) is 5.69 Å². The highest BCUT2D eigenvalue weighted by Crippen LogP contribution is 2.27. The van der Waals surface area contributed by atoms with Crippen molar-refractivity contribution in [2.24, 2.45) is 0 Å². The molecule has 0 aromatic heterocycles. The smallest absolute Gasteiger partial charge is 0.339 e. The monoisotopic (exact) mass is 389 g/mol. The van der Waals surface area contributed by atoms with Crippen LogP contribution in [-0.2, 0) is 9.53 Å². The topological polar surface area (TPSA) is 64.6 Å². The van der Waals surface area contributed by atoms with E-state index in [0.29, 0.717) is 11.4 Å². The second-order valence-electron chi connectivity index (χ2n) is 6.36. The summed E-state index contributed by atoms with van der Waals surface area (Å²) in [5.74, 6) is 0.160. The van der Waals surface area contributed by atoms with E-state index >= 15 is 0 Å². The average molecular weight is 390 g/mol. The third-order valence-electron chi connectivity index (χ3n) is 3.95. The van der Waals surface area contributed by atoms with Gasteiger partial charge in [-0.1, -0.05) is 43.6 Å². The Hall–Kier alpha value is -2.53. The first-order chi connectivity index (χ1) is 12.8. The fourth-order valence-corrected chi connectivity index (χ4v) is 2.78. The summed E-state index contributed by atoms with van der Waals surface area (Å²) in [6, 6.07) is 12.3. The number of hydrogen-bond acceptors (Lipinski definition) is 4. The molecule has 0 saturated carbocycles. The van der Waals surface area contributed by atoms with Crippen LogP contribution in [-0.4, -0.2) is 24.6 Å². The lowest BCUT2D eigenvalue weighted by atomic mass is 10.0. The first-order valence-corrected chi connectivity index (χ1v) is 9.24. The normalized spacial score (nSPS) is 11.8. The second kappa shape index (κ2) is 9.42. The van der Waals surface area contributed by atoms with E-state index in [0.717, 1.165) is 5.56 Å². The number of esters is 1. The van der Waals surface area contributed by atoms with Crippen LogP contribution < -0.4 is 10.1 Å².